The highest BCUT2D eigenvalue weighted by atomic mass is 16.6. The summed E-state index contributed by atoms with van der Waals surface area (Å²) in [6, 6.07) is 9.58. The highest BCUT2D eigenvalue weighted by Crippen LogP contribution is 2.27. The zero-order valence-electron chi connectivity index (χ0n) is 9.95. The van der Waals surface area contributed by atoms with Crippen molar-refractivity contribution in [2.45, 2.75) is 12.2 Å². The summed E-state index contributed by atoms with van der Waals surface area (Å²) < 4.78 is 10.9. The van der Waals surface area contributed by atoms with Crippen LogP contribution >= 0.6 is 0 Å². The number of rotatable bonds is 2. The molecule has 0 spiro atoms. The first-order valence-corrected chi connectivity index (χ1v) is 6.07. The van der Waals surface area contributed by atoms with E-state index in [9.17, 15) is 5.11 Å². The number of fused-ring (bicyclic) bond motifs is 1. The van der Waals surface area contributed by atoms with E-state index >= 15 is 0 Å². The van der Waals surface area contributed by atoms with Gasteiger partial charge in [-0.1, -0.05) is 18.2 Å². The second-order valence-corrected chi connectivity index (χ2v) is 4.35. The molecule has 1 aromatic carbocycles. The van der Waals surface area contributed by atoms with Crippen molar-refractivity contribution < 1.29 is 14.6 Å². The molecule has 0 saturated carbocycles. The van der Waals surface area contributed by atoms with Crippen molar-refractivity contribution in [1.29, 1.82) is 0 Å². The van der Waals surface area contributed by atoms with Crippen LogP contribution in [0.1, 0.15) is 11.7 Å². The minimum atomic E-state index is -0.682. The standard InChI is InChI=1S/C14H15NO3/c16-14(13-9-17-7-8-18-13)11-3-1-5-12-10(11)4-2-6-15-12/h1-6,13-14,16H,7-9H2. The molecule has 2 atom stereocenters. The predicted molar refractivity (Wildman–Crippen MR) is 67.3 cm³/mol. The largest absolute Gasteiger partial charge is 0.386 e. The molecule has 0 amide bonds. The van der Waals surface area contributed by atoms with Gasteiger partial charge in [-0.2, -0.15) is 0 Å². The Morgan fingerprint density at radius 3 is 3.00 bits per heavy atom. The maximum absolute atomic E-state index is 10.4. The highest BCUT2D eigenvalue weighted by molar-refractivity contribution is 5.82. The molecule has 1 aliphatic heterocycles. The third kappa shape index (κ3) is 2.10. The van der Waals surface area contributed by atoms with Crippen molar-refractivity contribution in [2.24, 2.45) is 0 Å². The minimum Gasteiger partial charge on any atom is -0.386 e. The minimum absolute atomic E-state index is 0.301. The molecule has 94 valence electrons. The lowest BCUT2D eigenvalue weighted by Crippen LogP contribution is -2.33. The average molecular weight is 245 g/mol. The highest BCUT2D eigenvalue weighted by Gasteiger charge is 2.25. The molecule has 2 heterocycles. The maximum Gasteiger partial charge on any atom is 0.111 e. The second-order valence-electron chi connectivity index (χ2n) is 4.35. The van der Waals surface area contributed by atoms with E-state index in [0.717, 1.165) is 16.5 Å². The van der Waals surface area contributed by atoms with Crippen molar-refractivity contribution in [1.82, 2.24) is 4.98 Å². The molecule has 1 fully saturated rings. The van der Waals surface area contributed by atoms with Gasteiger partial charge in [-0.25, -0.2) is 0 Å². The Kier molecular flexibility index (Phi) is 3.23. The van der Waals surface area contributed by atoms with Crippen LogP contribution in [0, 0.1) is 0 Å². The van der Waals surface area contributed by atoms with Gasteiger partial charge in [0.2, 0.25) is 0 Å². The lowest BCUT2D eigenvalue weighted by Gasteiger charge is -2.27. The molecule has 18 heavy (non-hydrogen) atoms. The van der Waals surface area contributed by atoms with E-state index in [0.29, 0.717) is 19.8 Å². The third-order valence-corrected chi connectivity index (χ3v) is 3.19. The van der Waals surface area contributed by atoms with E-state index in [2.05, 4.69) is 4.98 Å². The van der Waals surface area contributed by atoms with Gasteiger partial charge in [0.25, 0.3) is 0 Å². The summed E-state index contributed by atoms with van der Waals surface area (Å²) >= 11 is 0. The fourth-order valence-corrected chi connectivity index (χ4v) is 2.27. The Labute approximate surface area is 105 Å². The molecule has 0 bridgehead atoms. The smallest absolute Gasteiger partial charge is 0.111 e. The summed E-state index contributed by atoms with van der Waals surface area (Å²) in [6.45, 7) is 1.56. The van der Waals surface area contributed by atoms with Gasteiger partial charge in [0, 0.05) is 11.6 Å². The van der Waals surface area contributed by atoms with Crippen LogP contribution in [0.15, 0.2) is 36.5 Å². The van der Waals surface area contributed by atoms with E-state index < -0.39 is 6.10 Å². The zero-order chi connectivity index (χ0) is 12.4. The molecule has 4 heteroatoms. The summed E-state index contributed by atoms with van der Waals surface area (Å²) in [5.41, 5.74) is 1.72. The summed E-state index contributed by atoms with van der Waals surface area (Å²) in [4.78, 5) is 4.29. The summed E-state index contributed by atoms with van der Waals surface area (Å²) in [6.07, 6.45) is 0.765. The van der Waals surface area contributed by atoms with Crippen LogP contribution in [0.4, 0.5) is 0 Å². The third-order valence-electron chi connectivity index (χ3n) is 3.19. The normalized spacial score (nSPS) is 21.9. The van der Waals surface area contributed by atoms with E-state index in [1.807, 2.05) is 30.3 Å². The summed E-state index contributed by atoms with van der Waals surface area (Å²) in [5, 5.41) is 11.4. The number of aliphatic hydroxyl groups excluding tert-OH is 1. The molecule has 1 saturated heterocycles. The van der Waals surface area contributed by atoms with Gasteiger partial charge < -0.3 is 14.6 Å². The Hall–Kier alpha value is -1.49. The number of nitrogens with zero attached hydrogens (tertiary/aromatic N) is 1. The second kappa shape index (κ2) is 5.02. The first kappa shape index (κ1) is 11.6. The topological polar surface area (TPSA) is 51.6 Å². The lowest BCUT2D eigenvalue weighted by atomic mass is 9.99. The van der Waals surface area contributed by atoms with Crippen LogP contribution in [-0.4, -0.2) is 36.0 Å². The summed E-state index contributed by atoms with van der Waals surface area (Å²) in [5.74, 6) is 0. The van der Waals surface area contributed by atoms with Crippen LogP contribution in [-0.2, 0) is 9.47 Å². The number of hydrogen-bond acceptors (Lipinski definition) is 4. The molecule has 4 nitrogen and oxygen atoms in total. The molecule has 2 aromatic rings. The van der Waals surface area contributed by atoms with Crippen molar-refractivity contribution in [2.75, 3.05) is 19.8 Å². The van der Waals surface area contributed by atoms with Crippen LogP contribution in [0.5, 0.6) is 0 Å². The molecule has 1 N–H and O–H groups in total. The predicted octanol–water partition coefficient (Wildman–Crippen LogP) is 1.68. The van der Waals surface area contributed by atoms with Crippen molar-refractivity contribution >= 4 is 10.9 Å². The number of benzene rings is 1. The van der Waals surface area contributed by atoms with E-state index in [-0.39, 0.29) is 6.10 Å². The average Bonchev–Trinajstić information content (AvgIpc) is 2.47. The zero-order valence-corrected chi connectivity index (χ0v) is 9.95. The van der Waals surface area contributed by atoms with Gasteiger partial charge in [0.1, 0.15) is 12.2 Å². The molecule has 2 unspecified atom stereocenters. The van der Waals surface area contributed by atoms with Gasteiger partial charge in [0.05, 0.1) is 25.3 Å². The number of ether oxygens (including phenoxy) is 2. The lowest BCUT2D eigenvalue weighted by molar-refractivity contribution is -0.133. The molecule has 0 radical (unpaired) electrons. The molecule has 1 aliphatic rings. The van der Waals surface area contributed by atoms with Gasteiger partial charge >= 0.3 is 0 Å². The monoisotopic (exact) mass is 245 g/mol. The van der Waals surface area contributed by atoms with Gasteiger partial charge in [-0.05, 0) is 17.7 Å². The Morgan fingerprint density at radius 2 is 2.17 bits per heavy atom. The van der Waals surface area contributed by atoms with Crippen LogP contribution in [0.2, 0.25) is 0 Å². The molecule has 0 aliphatic carbocycles. The molecule has 3 rings (SSSR count). The number of pyridine rings is 1. The fourth-order valence-electron chi connectivity index (χ4n) is 2.27. The van der Waals surface area contributed by atoms with Crippen LogP contribution in [0.3, 0.4) is 0 Å². The van der Waals surface area contributed by atoms with E-state index in [1.54, 1.807) is 6.20 Å². The van der Waals surface area contributed by atoms with Gasteiger partial charge in [-0.3, -0.25) is 4.98 Å². The van der Waals surface area contributed by atoms with Crippen molar-refractivity contribution in [3.05, 3.63) is 42.1 Å². The maximum atomic E-state index is 10.4. The molecular formula is C14H15NO3. The number of aromatic nitrogens is 1. The quantitative estimate of drug-likeness (QED) is 0.874. The Morgan fingerprint density at radius 1 is 1.22 bits per heavy atom. The first-order valence-electron chi connectivity index (χ1n) is 6.07. The van der Waals surface area contributed by atoms with Gasteiger partial charge in [0.15, 0.2) is 0 Å². The number of aliphatic hydroxyl groups is 1. The van der Waals surface area contributed by atoms with Crippen molar-refractivity contribution in [3.63, 3.8) is 0 Å². The van der Waals surface area contributed by atoms with Crippen LogP contribution in [0.25, 0.3) is 10.9 Å². The number of hydrogen-bond donors (Lipinski definition) is 1. The van der Waals surface area contributed by atoms with Crippen molar-refractivity contribution in [3.8, 4) is 0 Å². The Balaban J connectivity index is 1.97. The van der Waals surface area contributed by atoms with Crippen LogP contribution < -0.4 is 0 Å². The fraction of sp³-hybridized carbons (Fsp3) is 0.357. The molecular weight excluding hydrogens is 230 g/mol. The first-order chi connectivity index (χ1) is 8.86. The van der Waals surface area contributed by atoms with Gasteiger partial charge in [-0.15, -0.1) is 0 Å². The Bertz CT molecular complexity index is 532. The van der Waals surface area contributed by atoms with E-state index in [4.69, 9.17) is 9.47 Å². The summed E-state index contributed by atoms with van der Waals surface area (Å²) in [7, 11) is 0. The SMILES string of the molecule is OC(c1cccc2ncccc12)C1COCCO1. The van der Waals surface area contributed by atoms with E-state index in [1.165, 1.54) is 0 Å². The molecule has 1 aromatic heterocycles.